The van der Waals surface area contributed by atoms with Gasteiger partial charge in [-0.15, -0.1) is 0 Å². The van der Waals surface area contributed by atoms with Crippen molar-refractivity contribution in [3.63, 3.8) is 0 Å². The van der Waals surface area contributed by atoms with Crippen molar-refractivity contribution in [3.05, 3.63) is 23.3 Å². The molecule has 0 spiro atoms. The van der Waals surface area contributed by atoms with E-state index in [1.54, 1.807) is 0 Å². The minimum absolute atomic E-state index is 0.289. The van der Waals surface area contributed by atoms with Crippen molar-refractivity contribution in [1.82, 2.24) is 0 Å². The Labute approximate surface area is 76.1 Å². The number of ether oxygens (including phenoxy) is 1. The average molecular weight is 178 g/mol. The second-order valence-electron chi connectivity index (χ2n) is 3.56. The molecule has 3 heteroatoms. The molecule has 68 valence electrons. The number of cyclic esters (lactones) is 2. The molecule has 0 aromatic heterocycles. The van der Waals surface area contributed by atoms with Gasteiger partial charge in [-0.05, 0) is 11.8 Å². The van der Waals surface area contributed by atoms with Gasteiger partial charge in [-0.25, -0.2) is 9.59 Å². The van der Waals surface area contributed by atoms with E-state index >= 15 is 0 Å². The fraction of sp³-hybridized carbons (Fsp3) is 0.400. The van der Waals surface area contributed by atoms with E-state index in [0.29, 0.717) is 11.1 Å². The van der Waals surface area contributed by atoms with E-state index in [4.69, 9.17) is 0 Å². The number of hydrogen-bond donors (Lipinski definition) is 0. The summed E-state index contributed by atoms with van der Waals surface area (Å²) in [5.74, 6) is -0.431. The first-order chi connectivity index (χ1) is 6.09. The number of hydrogen-bond acceptors (Lipinski definition) is 3. The van der Waals surface area contributed by atoms with Gasteiger partial charge in [-0.1, -0.05) is 26.0 Å². The molecule has 1 fully saturated rings. The highest BCUT2D eigenvalue weighted by molar-refractivity contribution is 6.18. The zero-order valence-corrected chi connectivity index (χ0v) is 7.53. The average Bonchev–Trinajstić information content (AvgIpc) is 2.31. The molecule has 0 saturated carbocycles. The van der Waals surface area contributed by atoms with Crippen molar-refractivity contribution in [2.45, 2.75) is 13.8 Å². The Hall–Kier alpha value is -1.38. The largest absolute Gasteiger partial charge is 0.386 e. The molecule has 1 aliphatic carbocycles. The molecule has 2 unspecified atom stereocenters. The van der Waals surface area contributed by atoms with Gasteiger partial charge in [0, 0.05) is 0 Å². The predicted molar refractivity (Wildman–Crippen MR) is 45.6 cm³/mol. The lowest BCUT2D eigenvalue weighted by molar-refractivity contribution is -0.149. The first kappa shape index (κ1) is 8.23. The van der Waals surface area contributed by atoms with Crippen LogP contribution in [0.25, 0.3) is 0 Å². The van der Waals surface area contributed by atoms with Gasteiger partial charge < -0.3 is 4.74 Å². The minimum Gasteiger partial charge on any atom is -0.386 e. The first-order valence-corrected chi connectivity index (χ1v) is 4.30. The lowest BCUT2D eigenvalue weighted by Gasteiger charge is -2.17. The van der Waals surface area contributed by atoms with Gasteiger partial charge in [0.15, 0.2) is 0 Å². The zero-order chi connectivity index (χ0) is 9.59. The Morgan fingerprint density at radius 2 is 1.38 bits per heavy atom. The molecule has 1 heterocycles. The number of allylic oxidation sites excluding steroid dienone is 2. The lowest BCUT2D eigenvalue weighted by Crippen LogP contribution is -2.11. The lowest BCUT2D eigenvalue weighted by atomic mass is 9.85. The molecule has 0 aromatic rings. The summed E-state index contributed by atoms with van der Waals surface area (Å²) >= 11 is 0. The Bertz CT molecular complexity index is 315. The van der Waals surface area contributed by atoms with Crippen molar-refractivity contribution in [2.75, 3.05) is 0 Å². The predicted octanol–water partition coefficient (Wildman–Crippen LogP) is 1.21. The Morgan fingerprint density at radius 1 is 1.00 bits per heavy atom. The summed E-state index contributed by atoms with van der Waals surface area (Å²) in [7, 11) is 0. The van der Waals surface area contributed by atoms with Crippen molar-refractivity contribution >= 4 is 11.9 Å². The monoisotopic (exact) mass is 178 g/mol. The van der Waals surface area contributed by atoms with Gasteiger partial charge in [0.25, 0.3) is 0 Å². The van der Waals surface area contributed by atoms with Crippen molar-refractivity contribution < 1.29 is 14.3 Å². The first-order valence-electron chi connectivity index (χ1n) is 4.30. The summed E-state index contributed by atoms with van der Waals surface area (Å²) in [4.78, 5) is 22.2. The van der Waals surface area contributed by atoms with E-state index in [9.17, 15) is 9.59 Å². The smallest absolute Gasteiger partial charge is 0.346 e. The van der Waals surface area contributed by atoms with Gasteiger partial charge in [0.2, 0.25) is 0 Å². The molecule has 0 amide bonds. The molecule has 2 aliphatic rings. The van der Waals surface area contributed by atoms with Crippen LogP contribution in [0.5, 0.6) is 0 Å². The molecule has 0 N–H and O–H groups in total. The summed E-state index contributed by atoms with van der Waals surface area (Å²) < 4.78 is 4.49. The third-order valence-corrected chi connectivity index (χ3v) is 2.60. The molecule has 1 saturated heterocycles. The quantitative estimate of drug-likeness (QED) is 0.413. The molecule has 0 aromatic carbocycles. The van der Waals surface area contributed by atoms with Gasteiger partial charge >= 0.3 is 11.9 Å². The highest BCUT2D eigenvalue weighted by atomic mass is 16.6. The molecule has 3 nitrogen and oxygen atoms in total. The van der Waals surface area contributed by atoms with Crippen LogP contribution in [0, 0.1) is 11.8 Å². The maximum absolute atomic E-state index is 11.1. The molecule has 13 heavy (non-hydrogen) atoms. The summed E-state index contributed by atoms with van der Waals surface area (Å²) in [5, 5.41) is 0. The third kappa shape index (κ3) is 1.11. The van der Waals surface area contributed by atoms with E-state index < -0.39 is 11.9 Å². The van der Waals surface area contributed by atoms with Crippen LogP contribution in [0.2, 0.25) is 0 Å². The van der Waals surface area contributed by atoms with Crippen LogP contribution in [0.3, 0.4) is 0 Å². The highest BCUT2D eigenvalue weighted by Gasteiger charge is 2.36. The van der Waals surface area contributed by atoms with Crippen LogP contribution in [0.15, 0.2) is 23.3 Å². The van der Waals surface area contributed by atoms with Crippen molar-refractivity contribution in [1.29, 1.82) is 0 Å². The van der Waals surface area contributed by atoms with Crippen molar-refractivity contribution in [3.8, 4) is 0 Å². The number of fused-ring (bicyclic) bond motifs is 1. The maximum atomic E-state index is 11.1. The van der Waals surface area contributed by atoms with Gasteiger partial charge in [-0.3, -0.25) is 0 Å². The number of rotatable bonds is 0. The van der Waals surface area contributed by atoms with Crippen LogP contribution in [0.4, 0.5) is 0 Å². The van der Waals surface area contributed by atoms with Crippen molar-refractivity contribution in [2.24, 2.45) is 11.8 Å². The molecule has 1 aliphatic heterocycles. The van der Waals surface area contributed by atoms with E-state index in [-0.39, 0.29) is 11.8 Å². The highest BCUT2D eigenvalue weighted by Crippen LogP contribution is 2.32. The number of esters is 2. The van der Waals surface area contributed by atoms with Crippen LogP contribution >= 0.6 is 0 Å². The number of carbonyl (C=O) groups is 2. The van der Waals surface area contributed by atoms with Gasteiger partial charge in [-0.2, -0.15) is 0 Å². The standard InChI is InChI=1S/C10H10O3/c1-5-3-7-8(4-6(5)2)10(12)13-9(7)11/h3-6H,1-2H3. The summed E-state index contributed by atoms with van der Waals surface area (Å²) in [5.41, 5.74) is 0.881. The van der Waals surface area contributed by atoms with Crippen LogP contribution in [-0.4, -0.2) is 11.9 Å². The molecule has 0 bridgehead atoms. The van der Waals surface area contributed by atoms with Crippen LogP contribution in [0.1, 0.15) is 13.8 Å². The molecule has 2 rings (SSSR count). The molecule has 0 radical (unpaired) electrons. The SMILES string of the molecule is CC1C=C2C(=O)OC(=O)C2=CC1C. The molecular formula is C10H10O3. The second kappa shape index (κ2) is 2.55. The normalized spacial score (nSPS) is 32.2. The van der Waals surface area contributed by atoms with Crippen LogP contribution < -0.4 is 0 Å². The topological polar surface area (TPSA) is 43.4 Å². The second-order valence-corrected chi connectivity index (χ2v) is 3.56. The fourth-order valence-corrected chi connectivity index (χ4v) is 1.56. The summed E-state index contributed by atoms with van der Waals surface area (Å²) in [6, 6.07) is 0. The van der Waals surface area contributed by atoms with E-state index in [2.05, 4.69) is 4.74 Å². The Balaban J connectivity index is 2.47. The Kier molecular flexibility index (Phi) is 1.62. The Morgan fingerprint density at radius 3 is 1.77 bits per heavy atom. The van der Waals surface area contributed by atoms with Gasteiger partial charge in [0.05, 0.1) is 11.1 Å². The van der Waals surface area contributed by atoms with E-state index in [1.807, 2.05) is 26.0 Å². The summed E-state index contributed by atoms with van der Waals surface area (Å²) in [6.07, 6.45) is 3.63. The van der Waals surface area contributed by atoms with Gasteiger partial charge in [0.1, 0.15) is 0 Å². The molecular weight excluding hydrogens is 168 g/mol. The van der Waals surface area contributed by atoms with E-state index in [0.717, 1.165) is 0 Å². The fourth-order valence-electron chi connectivity index (χ4n) is 1.56. The van der Waals surface area contributed by atoms with E-state index in [1.165, 1.54) is 0 Å². The summed E-state index contributed by atoms with van der Waals surface area (Å²) in [6.45, 7) is 4.03. The van der Waals surface area contributed by atoms with Crippen LogP contribution in [-0.2, 0) is 14.3 Å². The minimum atomic E-state index is -0.505. The zero-order valence-electron chi connectivity index (χ0n) is 7.53. The third-order valence-electron chi connectivity index (χ3n) is 2.60. The maximum Gasteiger partial charge on any atom is 0.346 e. The number of carbonyl (C=O) groups excluding carboxylic acids is 2. The molecule has 2 atom stereocenters.